The van der Waals surface area contributed by atoms with Gasteiger partial charge in [-0.15, -0.1) is 0 Å². The summed E-state index contributed by atoms with van der Waals surface area (Å²) < 4.78 is 5.43. The molecule has 0 fully saturated rings. The Labute approximate surface area is 206 Å². The summed E-state index contributed by atoms with van der Waals surface area (Å²) in [5.41, 5.74) is 2.48. The summed E-state index contributed by atoms with van der Waals surface area (Å²) in [5, 5.41) is 16.7. The fourth-order valence-electron chi connectivity index (χ4n) is 4.04. The van der Waals surface area contributed by atoms with Crippen molar-refractivity contribution >= 4 is 40.2 Å². The van der Waals surface area contributed by atoms with E-state index in [4.69, 9.17) is 9.73 Å². The van der Waals surface area contributed by atoms with Crippen LogP contribution in [0.2, 0.25) is 0 Å². The summed E-state index contributed by atoms with van der Waals surface area (Å²) in [4.78, 5) is 43.5. The van der Waals surface area contributed by atoms with E-state index in [0.717, 1.165) is 5.56 Å². The summed E-state index contributed by atoms with van der Waals surface area (Å²) in [6.07, 6.45) is 0.0715. The van der Waals surface area contributed by atoms with Gasteiger partial charge in [0.05, 0.1) is 35.3 Å². The van der Waals surface area contributed by atoms with Crippen molar-refractivity contribution in [3.05, 3.63) is 92.5 Å². The lowest BCUT2D eigenvalue weighted by Crippen LogP contribution is -2.38. The average molecular weight is 493 g/mol. The number of amides is 1. The van der Waals surface area contributed by atoms with Gasteiger partial charge in [0.2, 0.25) is 5.91 Å². The van der Waals surface area contributed by atoms with E-state index in [9.17, 15) is 19.7 Å². The molecule has 180 valence electrons. The lowest BCUT2D eigenvalue weighted by molar-refractivity contribution is -0.384. The maximum Gasteiger partial charge on any atom is 0.338 e. The van der Waals surface area contributed by atoms with E-state index in [1.165, 1.54) is 23.9 Å². The van der Waals surface area contributed by atoms with Crippen LogP contribution >= 0.6 is 11.8 Å². The van der Waals surface area contributed by atoms with Crippen LogP contribution in [0.15, 0.2) is 76.3 Å². The van der Waals surface area contributed by atoms with E-state index in [2.05, 4.69) is 5.32 Å². The monoisotopic (exact) mass is 492 g/mol. The number of aliphatic imine (C=N–C) groups is 1. The van der Waals surface area contributed by atoms with Gasteiger partial charge in [-0.1, -0.05) is 54.2 Å². The van der Waals surface area contributed by atoms with Crippen LogP contribution < -0.4 is 5.32 Å². The molecule has 2 aliphatic rings. The minimum Gasteiger partial charge on any atom is -0.463 e. The van der Waals surface area contributed by atoms with Gasteiger partial charge >= 0.3 is 5.97 Å². The molecule has 0 spiro atoms. The van der Waals surface area contributed by atoms with Crippen molar-refractivity contribution in [1.82, 2.24) is 10.2 Å². The van der Waals surface area contributed by atoms with Crippen LogP contribution in [-0.2, 0) is 14.3 Å². The molecule has 2 aliphatic heterocycles. The van der Waals surface area contributed by atoms with Gasteiger partial charge in [-0.25, -0.2) is 9.79 Å². The zero-order valence-corrected chi connectivity index (χ0v) is 20.1. The maximum atomic E-state index is 13.4. The molecule has 0 aromatic heterocycles. The molecule has 2 heterocycles. The number of amidine groups is 1. The SMILES string of the molecule is CCNC(=O)CC1=CSC2=NC(c3ccccc3)=C(C(=O)OCC)C(c3cccc([N+](=O)[O-])c3)N12. The highest BCUT2D eigenvalue weighted by molar-refractivity contribution is 8.16. The highest BCUT2D eigenvalue weighted by atomic mass is 32.2. The molecule has 1 N–H and O–H groups in total. The van der Waals surface area contributed by atoms with E-state index >= 15 is 0 Å². The van der Waals surface area contributed by atoms with Crippen molar-refractivity contribution in [3.63, 3.8) is 0 Å². The molecule has 2 aromatic rings. The minimum absolute atomic E-state index is 0.0715. The van der Waals surface area contributed by atoms with Crippen molar-refractivity contribution in [2.24, 2.45) is 4.99 Å². The number of nitro benzene ring substituents is 1. The number of esters is 1. The number of nitrogens with one attached hydrogen (secondary N) is 1. The molecule has 0 radical (unpaired) electrons. The molecule has 35 heavy (non-hydrogen) atoms. The molecular weight excluding hydrogens is 468 g/mol. The van der Waals surface area contributed by atoms with Crippen molar-refractivity contribution in [3.8, 4) is 0 Å². The van der Waals surface area contributed by atoms with Crippen LogP contribution in [0.4, 0.5) is 5.69 Å². The average Bonchev–Trinajstić information content (AvgIpc) is 3.26. The summed E-state index contributed by atoms with van der Waals surface area (Å²) >= 11 is 1.34. The van der Waals surface area contributed by atoms with Gasteiger partial charge in [0, 0.05) is 29.9 Å². The van der Waals surface area contributed by atoms with Crippen molar-refractivity contribution < 1.29 is 19.2 Å². The lowest BCUT2D eigenvalue weighted by atomic mass is 9.91. The Balaban J connectivity index is 1.93. The normalized spacial score (nSPS) is 16.9. The summed E-state index contributed by atoms with van der Waals surface area (Å²) in [6, 6.07) is 14.6. The number of benzene rings is 2. The summed E-state index contributed by atoms with van der Waals surface area (Å²) in [7, 11) is 0. The number of nitro groups is 1. The number of fused-ring (bicyclic) bond motifs is 1. The van der Waals surface area contributed by atoms with E-state index in [1.54, 1.807) is 24.0 Å². The zero-order valence-electron chi connectivity index (χ0n) is 19.3. The van der Waals surface area contributed by atoms with E-state index in [1.807, 2.05) is 42.7 Å². The van der Waals surface area contributed by atoms with Gasteiger partial charge in [-0.2, -0.15) is 0 Å². The molecule has 2 aromatic carbocycles. The molecule has 4 rings (SSSR count). The summed E-state index contributed by atoms with van der Waals surface area (Å²) in [5.74, 6) is -0.742. The van der Waals surface area contributed by atoms with Gasteiger partial charge < -0.3 is 15.0 Å². The smallest absolute Gasteiger partial charge is 0.338 e. The molecule has 0 aliphatic carbocycles. The van der Waals surface area contributed by atoms with Crippen LogP contribution in [0.25, 0.3) is 5.70 Å². The van der Waals surface area contributed by atoms with Crippen LogP contribution in [-0.4, -0.2) is 40.0 Å². The minimum atomic E-state index is -0.771. The maximum absolute atomic E-state index is 13.4. The van der Waals surface area contributed by atoms with Crippen molar-refractivity contribution in [2.45, 2.75) is 26.3 Å². The Morgan fingerprint density at radius 1 is 1.17 bits per heavy atom. The molecule has 10 heteroatoms. The number of carbonyl (C=O) groups is 2. The first-order valence-corrected chi connectivity index (χ1v) is 12.0. The van der Waals surface area contributed by atoms with E-state index in [-0.39, 0.29) is 30.2 Å². The number of rotatable bonds is 8. The number of hydrogen-bond donors (Lipinski definition) is 1. The Hall–Kier alpha value is -3.92. The van der Waals surface area contributed by atoms with Crippen molar-refractivity contribution in [2.75, 3.05) is 13.2 Å². The molecule has 0 saturated heterocycles. The molecule has 1 amide bonds. The number of thioether (sulfide) groups is 1. The Kier molecular flexibility index (Phi) is 7.31. The van der Waals surface area contributed by atoms with E-state index < -0.39 is 16.9 Å². The predicted octanol–water partition coefficient (Wildman–Crippen LogP) is 4.40. The number of non-ortho nitro benzene ring substituents is 1. The second-order valence-corrected chi connectivity index (χ2v) is 8.56. The second kappa shape index (κ2) is 10.6. The van der Waals surface area contributed by atoms with Gasteiger partial charge in [-0.05, 0) is 24.8 Å². The number of nitrogens with zero attached hydrogens (tertiary/aromatic N) is 3. The number of carbonyl (C=O) groups excluding carboxylic acids is 2. The zero-order chi connectivity index (χ0) is 24.9. The van der Waals surface area contributed by atoms with Gasteiger partial charge in [-0.3, -0.25) is 14.9 Å². The van der Waals surface area contributed by atoms with Gasteiger partial charge in [0.15, 0.2) is 5.17 Å². The van der Waals surface area contributed by atoms with Crippen LogP contribution in [0.5, 0.6) is 0 Å². The van der Waals surface area contributed by atoms with Crippen LogP contribution in [0.3, 0.4) is 0 Å². The fourth-order valence-corrected chi connectivity index (χ4v) is 4.96. The fraction of sp³-hybridized carbons (Fsp3) is 0.240. The Morgan fingerprint density at radius 2 is 1.94 bits per heavy atom. The standard InChI is InChI=1S/C25H24N4O5S/c1-3-26-20(30)14-19-15-35-25-27-22(16-9-6-5-7-10-16)21(24(31)34-4-2)23(28(19)25)17-11-8-12-18(13-17)29(32)33/h5-13,15,23H,3-4,14H2,1-2H3,(H,26,30). The molecule has 0 saturated carbocycles. The first-order chi connectivity index (χ1) is 16.9. The Bertz CT molecular complexity index is 1260. The first-order valence-electron chi connectivity index (χ1n) is 11.2. The Morgan fingerprint density at radius 3 is 2.63 bits per heavy atom. The number of hydrogen-bond acceptors (Lipinski definition) is 8. The number of ether oxygens (including phenoxy) is 1. The second-order valence-electron chi connectivity index (χ2n) is 7.73. The molecule has 1 unspecified atom stereocenters. The van der Waals surface area contributed by atoms with Crippen LogP contribution in [0, 0.1) is 10.1 Å². The van der Waals surface area contributed by atoms with Gasteiger partial charge in [0.1, 0.15) is 0 Å². The topological polar surface area (TPSA) is 114 Å². The summed E-state index contributed by atoms with van der Waals surface area (Å²) in [6.45, 7) is 4.19. The third-order valence-corrected chi connectivity index (χ3v) is 6.35. The van der Waals surface area contributed by atoms with Crippen LogP contribution in [0.1, 0.15) is 37.4 Å². The van der Waals surface area contributed by atoms with E-state index in [0.29, 0.717) is 28.7 Å². The largest absolute Gasteiger partial charge is 0.463 e. The van der Waals surface area contributed by atoms with Gasteiger partial charge in [0.25, 0.3) is 5.69 Å². The highest BCUT2D eigenvalue weighted by Gasteiger charge is 2.42. The molecular formula is C25H24N4O5S. The third kappa shape index (κ3) is 4.97. The molecule has 9 nitrogen and oxygen atoms in total. The lowest BCUT2D eigenvalue weighted by Gasteiger charge is -2.36. The predicted molar refractivity (Wildman–Crippen MR) is 134 cm³/mol. The third-order valence-electron chi connectivity index (χ3n) is 5.47. The highest BCUT2D eigenvalue weighted by Crippen LogP contribution is 2.47. The molecule has 0 bridgehead atoms. The quantitative estimate of drug-likeness (QED) is 0.330. The molecule has 1 atom stereocenters. The van der Waals surface area contributed by atoms with Crippen molar-refractivity contribution in [1.29, 1.82) is 0 Å². The first kappa shape index (κ1) is 24.2.